The molecule has 86 valence electrons. The number of hydrogen-bond donors (Lipinski definition) is 1. The second-order valence-corrected chi connectivity index (χ2v) is 6.54. The molecule has 3 atom stereocenters. The predicted octanol–water partition coefficient (Wildman–Crippen LogP) is 3.37. The average Bonchev–Trinajstić information content (AvgIpc) is 2.62. The predicted molar refractivity (Wildman–Crippen MR) is 70.0 cm³/mol. The van der Waals surface area contributed by atoms with Gasteiger partial charge in [-0.25, -0.2) is 0 Å². The lowest BCUT2D eigenvalue weighted by Crippen LogP contribution is -2.39. The first-order chi connectivity index (χ1) is 7.79. The van der Waals surface area contributed by atoms with E-state index in [9.17, 15) is 0 Å². The molecule has 0 aromatic heterocycles. The van der Waals surface area contributed by atoms with Crippen molar-refractivity contribution in [2.75, 3.05) is 0 Å². The smallest absolute Gasteiger partial charge is 0.0124 e. The van der Waals surface area contributed by atoms with Crippen molar-refractivity contribution in [3.8, 4) is 0 Å². The summed E-state index contributed by atoms with van der Waals surface area (Å²) in [4.78, 5) is 1.44. The fourth-order valence-electron chi connectivity index (χ4n) is 2.91. The molecule has 0 radical (unpaired) electrons. The Balaban J connectivity index is 1.64. The van der Waals surface area contributed by atoms with E-state index in [0.717, 1.165) is 17.3 Å². The first-order valence-electron chi connectivity index (χ1n) is 6.29. The second kappa shape index (κ2) is 4.42. The average molecular weight is 233 g/mol. The Hall–Kier alpha value is -0.470. The Morgan fingerprint density at radius 2 is 1.69 bits per heavy atom. The molecule has 1 aromatic carbocycles. The van der Waals surface area contributed by atoms with E-state index < -0.39 is 0 Å². The highest BCUT2D eigenvalue weighted by Gasteiger charge is 2.33. The summed E-state index contributed by atoms with van der Waals surface area (Å²) in [5.41, 5.74) is 1.36. The maximum Gasteiger partial charge on any atom is 0.0124 e. The molecule has 0 saturated carbocycles. The zero-order valence-electron chi connectivity index (χ0n) is 9.78. The molecule has 2 aliphatic rings. The minimum absolute atomic E-state index is 0.807. The van der Waals surface area contributed by atoms with E-state index in [-0.39, 0.29) is 0 Å². The van der Waals surface area contributed by atoms with Crippen LogP contribution in [0.5, 0.6) is 0 Å². The molecule has 2 bridgehead atoms. The van der Waals surface area contributed by atoms with Crippen molar-refractivity contribution in [3.63, 3.8) is 0 Å². The monoisotopic (exact) mass is 233 g/mol. The van der Waals surface area contributed by atoms with Crippen LogP contribution in [0.15, 0.2) is 29.2 Å². The normalized spacial score (nSPS) is 32.9. The van der Waals surface area contributed by atoms with Gasteiger partial charge in [-0.1, -0.05) is 17.7 Å². The van der Waals surface area contributed by atoms with Crippen LogP contribution in [0.4, 0.5) is 0 Å². The lowest BCUT2D eigenvalue weighted by Gasteiger charge is -2.28. The molecule has 0 amide bonds. The van der Waals surface area contributed by atoms with Crippen LogP contribution in [-0.2, 0) is 0 Å². The molecule has 1 N–H and O–H groups in total. The molecule has 3 rings (SSSR count). The summed E-state index contributed by atoms with van der Waals surface area (Å²) in [6.07, 6.45) is 5.51. The topological polar surface area (TPSA) is 12.0 Å². The third kappa shape index (κ3) is 2.28. The van der Waals surface area contributed by atoms with Gasteiger partial charge >= 0.3 is 0 Å². The molecule has 2 fully saturated rings. The number of nitrogens with one attached hydrogen (secondary N) is 1. The number of fused-ring (bicyclic) bond motifs is 2. The van der Waals surface area contributed by atoms with E-state index in [1.807, 2.05) is 0 Å². The number of benzene rings is 1. The number of aryl methyl sites for hydroxylation is 1. The summed E-state index contributed by atoms with van der Waals surface area (Å²) in [6, 6.07) is 10.6. The van der Waals surface area contributed by atoms with Gasteiger partial charge in [0.05, 0.1) is 0 Å². The van der Waals surface area contributed by atoms with Crippen molar-refractivity contribution >= 4 is 11.8 Å². The van der Waals surface area contributed by atoms with Crippen molar-refractivity contribution in [2.45, 2.75) is 54.8 Å². The van der Waals surface area contributed by atoms with E-state index in [2.05, 4.69) is 48.3 Å². The van der Waals surface area contributed by atoms with Crippen LogP contribution in [0.25, 0.3) is 0 Å². The van der Waals surface area contributed by atoms with Gasteiger partial charge in [0.1, 0.15) is 0 Å². The van der Waals surface area contributed by atoms with Gasteiger partial charge in [0.25, 0.3) is 0 Å². The van der Waals surface area contributed by atoms with Crippen LogP contribution in [0, 0.1) is 6.92 Å². The molecule has 0 aliphatic carbocycles. The van der Waals surface area contributed by atoms with Crippen LogP contribution in [0.2, 0.25) is 0 Å². The van der Waals surface area contributed by atoms with Gasteiger partial charge in [0.2, 0.25) is 0 Å². The van der Waals surface area contributed by atoms with E-state index in [1.54, 1.807) is 0 Å². The number of piperidine rings is 1. The van der Waals surface area contributed by atoms with Gasteiger partial charge in [-0.2, -0.15) is 0 Å². The minimum Gasteiger partial charge on any atom is -0.311 e. The molecule has 1 aromatic rings. The molecular weight excluding hydrogens is 214 g/mol. The highest BCUT2D eigenvalue weighted by molar-refractivity contribution is 8.00. The molecular formula is C14H19NS. The Labute approximate surface area is 102 Å². The van der Waals surface area contributed by atoms with Crippen molar-refractivity contribution in [1.82, 2.24) is 5.32 Å². The van der Waals surface area contributed by atoms with Crippen LogP contribution >= 0.6 is 11.8 Å². The summed E-state index contributed by atoms with van der Waals surface area (Å²) in [7, 11) is 0. The Bertz CT molecular complexity index is 348. The molecule has 2 saturated heterocycles. The van der Waals surface area contributed by atoms with E-state index in [1.165, 1.54) is 36.1 Å². The number of thioether (sulfide) groups is 1. The van der Waals surface area contributed by atoms with Gasteiger partial charge in [0.15, 0.2) is 0 Å². The standard InChI is InChI=1S/C14H19NS/c1-10-2-6-13(7-3-10)16-14-8-11-4-5-12(9-14)15-11/h2-3,6-7,11-12,14-15H,4-5,8-9H2,1H3/t11-,12+,14?. The van der Waals surface area contributed by atoms with Crippen molar-refractivity contribution in [2.24, 2.45) is 0 Å². The minimum atomic E-state index is 0.807. The number of rotatable bonds is 2. The highest BCUT2D eigenvalue weighted by Crippen LogP contribution is 2.36. The van der Waals surface area contributed by atoms with Crippen molar-refractivity contribution < 1.29 is 0 Å². The first-order valence-corrected chi connectivity index (χ1v) is 7.17. The van der Waals surface area contributed by atoms with Crippen LogP contribution in [-0.4, -0.2) is 17.3 Å². The van der Waals surface area contributed by atoms with E-state index >= 15 is 0 Å². The van der Waals surface area contributed by atoms with E-state index in [4.69, 9.17) is 0 Å². The molecule has 1 unspecified atom stereocenters. The second-order valence-electron chi connectivity index (χ2n) is 5.16. The molecule has 16 heavy (non-hydrogen) atoms. The van der Waals surface area contributed by atoms with Gasteiger partial charge in [-0.05, 0) is 44.7 Å². The molecule has 2 heterocycles. The third-order valence-corrected chi connectivity index (χ3v) is 5.02. The SMILES string of the molecule is Cc1ccc(SC2C[C@H]3CC[C@@H](C2)N3)cc1. The lowest BCUT2D eigenvalue weighted by atomic mass is 10.1. The highest BCUT2D eigenvalue weighted by atomic mass is 32.2. The largest absolute Gasteiger partial charge is 0.311 e. The summed E-state index contributed by atoms with van der Waals surface area (Å²) in [5, 5.41) is 4.54. The molecule has 1 nitrogen and oxygen atoms in total. The lowest BCUT2D eigenvalue weighted by molar-refractivity contribution is 0.415. The Morgan fingerprint density at radius 3 is 2.31 bits per heavy atom. The van der Waals surface area contributed by atoms with Gasteiger partial charge in [0, 0.05) is 22.2 Å². The Kier molecular flexibility index (Phi) is 2.95. The van der Waals surface area contributed by atoms with Crippen LogP contribution in [0.1, 0.15) is 31.2 Å². The zero-order valence-corrected chi connectivity index (χ0v) is 10.6. The maximum atomic E-state index is 3.70. The zero-order chi connectivity index (χ0) is 11.0. The molecule has 2 aliphatic heterocycles. The van der Waals surface area contributed by atoms with Crippen LogP contribution < -0.4 is 5.32 Å². The summed E-state index contributed by atoms with van der Waals surface area (Å²) < 4.78 is 0. The van der Waals surface area contributed by atoms with E-state index in [0.29, 0.717) is 0 Å². The van der Waals surface area contributed by atoms with Crippen LogP contribution in [0.3, 0.4) is 0 Å². The van der Waals surface area contributed by atoms with Gasteiger partial charge < -0.3 is 5.32 Å². The van der Waals surface area contributed by atoms with Crippen molar-refractivity contribution in [3.05, 3.63) is 29.8 Å². The quantitative estimate of drug-likeness (QED) is 0.840. The summed E-state index contributed by atoms with van der Waals surface area (Å²) in [5.74, 6) is 0. The van der Waals surface area contributed by atoms with Crippen molar-refractivity contribution in [1.29, 1.82) is 0 Å². The third-order valence-electron chi connectivity index (χ3n) is 3.75. The fourth-order valence-corrected chi connectivity index (χ4v) is 4.25. The fraction of sp³-hybridized carbons (Fsp3) is 0.571. The molecule has 0 spiro atoms. The first kappa shape index (κ1) is 10.7. The summed E-state index contributed by atoms with van der Waals surface area (Å²) >= 11 is 2.08. The summed E-state index contributed by atoms with van der Waals surface area (Å²) in [6.45, 7) is 2.15. The Morgan fingerprint density at radius 1 is 1.06 bits per heavy atom. The molecule has 2 heteroatoms. The van der Waals surface area contributed by atoms with Gasteiger partial charge in [-0.3, -0.25) is 0 Å². The number of hydrogen-bond acceptors (Lipinski definition) is 2. The van der Waals surface area contributed by atoms with Gasteiger partial charge in [-0.15, -0.1) is 11.8 Å². The maximum absolute atomic E-state index is 3.70.